The van der Waals surface area contributed by atoms with Crippen molar-refractivity contribution in [1.82, 2.24) is 4.90 Å². The second kappa shape index (κ2) is 5.40. The van der Waals surface area contributed by atoms with Crippen LogP contribution >= 0.6 is 0 Å². The van der Waals surface area contributed by atoms with E-state index < -0.39 is 0 Å². The molecule has 0 unspecified atom stereocenters. The topological polar surface area (TPSA) is 32.6 Å². The van der Waals surface area contributed by atoms with Crippen LogP contribution in [0.4, 0.5) is 5.69 Å². The van der Waals surface area contributed by atoms with Crippen LogP contribution in [0.15, 0.2) is 48.5 Å². The molecule has 0 fully saturated rings. The van der Waals surface area contributed by atoms with Crippen LogP contribution in [-0.4, -0.2) is 42.4 Å². The molecule has 2 aromatic rings. The number of para-hydroxylation sites is 2. The maximum atomic E-state index is 12.2. The molecule has 0 spiro atoms. The molecule has 4 heteroatoms. The first kappa shape index (κ1) is 13.4. The van der Waals surface area contributed by atoms with Crippen LogP contribution in [0, 0.1) is 0 Å². The predicted molar refractivity (Wildman–Crippen MR) is 81.5 cm³/mol. The summed E-state index contributed by atoms with van der Waals surface area (Å²) in [5.74, 6) is 0.608. The summed E-state index contributed by atoms with van der Waals surface area (Å²) >= 11 is 0. The number of rotatable bonds is 2. The van der Waals surface area contributed by atoms with E-state index in [-0.39, 0.29) is 5.91 Å². The summed E-state index contributed by atoms with van der Waals surface area (Å²) < 4.78 is 7.86. The van der Waals surface area contributed by atoms with Gasteiger partial charge in [-0.05, 0) is 12.1 Å². The number of carbonyl (C=O) groups excluding carboxylic acids is 1. The van der Waals surface area contributed by atoms with E-state index in [2.05, 4.69) is 0 Å². The lowest BCUT2D eigenvalue weighted by molar-refractivity contribution is -0.476. The number of hydrogen-bond donors (Lipinski definition) is 0. The Balaban J connectivity index is 2.03. The summed E-state index contributed by atoms with van der Waals surface area (Å²) in [5.41, 5.74) is 2.58. The molecule has 1 heterocycles. The molecule has 21 heavy (non-hydrogen) atoms. The lowest BCUT2D eigenvalue weighted by Crippen LogP contribution is -2.26. The van der Waals surface area contributed by atoms with Gasteiger partial charge in [-0.15, -0.1) is 0 Å². The van der Waals surface area contributed by atoms with Crippen molar-refractivity contribution >= 4 is 17.8 Å². The first-order chi connectivity index (χ1) is 10.2. The molecule has 3 rings (SSSR count). The molecule has 4 nitrogen and oxygen atoms in total. The minimum Gasteiger partial charge on any atom is -0.434 e. The van der Waals surface area contributed by atoms with Crippen LogP contribution in [0.3, 0.4) is 0 Å². The highest BCUT2D eigenvalue weighted by atomic mass is 16.5. The van der Waals surface area contributed by atoms with Crippen molar-refractivity contribution in [3.8, 4) is 5.75 Å². The van der Waals surface area contributed by atoms with Gasteiger partial charge in [-0.3, -0.25) is 4.79 Å². The number of fused-ring (bicyclic) bond motifs is 1. The van der Waals surface area contributed by atoms with Crippen molar-refractivity contribution < 1.29 is 14.1 Å². The summed E-state index contributed by atoms with van der Waals surface area (Å²) in [7, 11) is 3.48. The van der Waals surface area contributed by atoms with E-state index in [1.54, 1.807) is 25.1 Å². The molecule has 1 amide bonds. The third-order valence-corrected chi connectivity index (χ3v) is 3.41. The number of ether oxygens (including phenoxy) is 1. The fourth-order valence-corrected chi connectivity index (χ4v) is 2.33. The van der Waals surface area contributed by atoms with Gasteiger partial charge in [0.25, 0.3) is 12.6 Å². The number of benzene rings is 2. The standard InChI is InChI=1S/C17H17N2O2/c1-18(2)17(20)15-10-6-7-13-11-19(12-21-16(13)15)14-8-4-3-5-9-14/h3-11H,12H2,1-2H3/q+1. The van der Waals surface area contributed by atoms with Crippen molar-refractivity contribution in [2.75, 3.05) is 20.8 Å². The van der Waals surface area contributed by atoms with Crippen LogP contribution in [-0.2, 0) is 0 Å². The molecule has 0 N–H and O–H groups in total. The van der Waals surface area contributed by atoms with Crippen molar-refractivity contribution in [2.45, 2.75) is 0 Å². The van der Waals surface area contributed by atoms with Crippen LogP contribution in [0.5, 0.6) is 5.75 Å². The van der Waals surface area contributed by atoms with Crippen molar-refractivity contribution in [2.24, 2.45) is 0 Å². The molecule has 0 saturated heterocycles. The zero-order valence-corrected chi connectivity index (χ0v) is 12.1. The summed E-state index contributed by atoms with van der Waals surface area (Å²) in [5, 5.41) is 0. The van der Waals surface area contributed by atoms with E-state index in [1.165, 1.54) is 0 Å². The van der Waals surface area contributed by atoms with E-state index in [0.717, 1.165) is 11.3 Å². The summed E-state index contributed by atoms with van der Waals surface area (Å²) in [4.78, 5) is 13.7. The van der Waals surface area contributed by atoms with Crippen molar-refractivity contribution in [3.05, 3.63) is 59.7 Å². The molecule has 0 atom stereocenters. The van der Waals surface area contributed by atoms with E-state index >= 15 is 0 Å². The van der Waals surface area contributed by atoms with Crippen LogP contribution in [0.2, 0.25) is 0 Å². The van der Waals surface area contributed by atoms with E-state index in [9.17, 15) is 4.79 Å². The molecular weight excluding hydrogens is 264 g/mol. The van der Waals surface area contributed by atoms with Crippen molar-refractivity contribution in [1.29, 1.82) is 0 Å². The van der Waals surface area contributed by atoms with Gasteiger partial charge in [0.05, 0.1) is 11.1 Å². The van der Waals surface area contributed by atoms with E-state index in [0.29, 0.717) is 18.0 Å². The highest BCUT2D eigenvalue weighted by molar-refractivity contribution is 5.99. The Morgan fingerprint density at radius 1 is 1.10 bits per heavy atom. The van der Waals surface area contributed by atoms with Gasteiger partial charge in [0.1, 0.15) is 0 Å². The monoisotopic (exact) mass is 281 g/mol. The Hall–Kier alpha value is -2.62. The van der Waals surface area contributed by atoms with E-state index in [4.69, 9.17) is 4.74 Å². The first-order valence-electron chi connectivity index (χ1n) is 6.81. The average molecular weight is 281 g/mol. The summed E-state index contributed by atoms with van der Waals surface area (Å²) in [6.07, 6.45) is 2.01. The van der Waals surface area contributed by atoms with Gasteiger partial charge in [-0.25, -0.2) is 0 Å². The van der Waals surface area contributed by atoms with Crippen LogP contribution in [0.25, 0.3) is 0 Å². The maximum Gasteiger partial charge on any atom is 0.292 e. The lowest BCUT2D eigenvalue weighted by atomic mass is 10.1. The number of amides is 1. The minimum atomic E-state index is -0.0478. The molecule has 0 aliphatic carbocycles. The number of nitrogens with zero attached hydrogens (tertiary/aromatic N) is 2. The van der Waals surface area contributed by atoms with Crippen molar-refractivity contribution in [3.63, 3.8) is 0 Å². The zero-order chi connectivity index (χ0) is 14.8. The Labute approximate surface area is 123 Å². The molecule has 1 aliphatic rings. The summed E-state index contributed by atoms with van der Waals surface area (Å²) in [6.45, 7) is 0.398. The lowest BCUT2D eigenvalue weighted by Gasteiger charge is -2.18. The highest BCUT2D eigenvalue weighted by Crippen LogP contribution is 2.27. The quantitative estimate of drug-likeness (QED) is 0.792. The largest absolute Gasteiger partial charge is 0.434 e. The smallest absolute Gasteiger partial charge is 0.292 e. The molecule has 1 aliphatic heterocycles. The average Bonchev–Trinajstić information content (AvgIpc) is 2.53. The Bertz CT molecular complexity index is 706. The molecule has 0 aromatic heterocycles. The fraction of sp³-hybridized carbons (Fsp3) is 0.176. The fourth-order valence-electron chi connectivity index (χ4n) is 2.33. The second-order valence-electron chi connectivity index (χ2n) is 5.13. The highest BCUT2D eigenvalue weighted by Gasteiger charge is 2.24. The maximum absolute atomic E-state index is 12.2. The molecule has 0 bridgehead atoms. The molecular formula is C17H17N2O2+. The van der Waals surface area contributed by atoms with Gasteiger partial charge >= 0.3 is 0 Å². The van der Waals surface area contributed by atoms with Crippen LogP contribution < -0.4 is 4.74 Å². The molecule has 106 valence electrons. The van der Waals surface area contributed by atoms with Gasteiger partial charge < -0.3 is 9.64 Å². The first-order valence-corrected chi connectivity index (χ1v) is 6.81. The van der Waals surface area contributed by atoms with E-state index in [1.807, 2.05) is 53.3 Å². The Morgan fingerprint density at radius 3 is 2.57 bits per heavy atom. The number of hydrogen-bond acceptors (Lipinski definition) is 2. The van der Waals surface area contributed by atoms with Gasteiger partial charge in [-0.1, -0.05) is 24.3 Å². The molecule has 2 aromatic carbocycles. The number of carbonyl (C=O) groups is 1. The second-order valence-corrected chi connectivity index (χ2v) is 5.13. The van der Waals surface area contributed by atoms with Gasteiger partial charge in [0, 0.05) is 26.2 Å². The SMILES string of the molecule is CN(C)C(=O)c1cccc2c1OC[N+](c1ccccc1)=C2. The third kappa shape index (κ3) is 2.52. The van der Waals surface area contributed by atoms with Gasteiger partial charge in [0.2, 0.25) is 5.69 Å². The molecule has 0 saturated carbocycles. The third-order valence-electron chi connectivity index (χ3n) is 3.41. The summed E-state index contributed by atoms with van der Waals surface area (Å²) in [6, 6.07) is 15.7. The Kier molecular flexibility index (Phi) is 3.44. The Morgan fingerprint density at radius 2 is 1.86 bits per heavy atom. The normalized spacial score (nSPS) is 13.0. The van der Waals surface area contributed by atoms with Crippen LogP contribution in [0.1, 0.15) is 15.9 Å². The predicted octanol–water partition coefficient (Wildman–Crippen LogP) is 2.50. The van der Waals surface area contributed by atoms with Gasteiger partial charge in [0.15, 0.2) is 12.0 Å². The molecule has 0 radical (unpaired) electrons. The van der Waals surface area contributed by atoms with Gasteiger partial charge in [-0.2, -0.15) is 4.58 Å². The minimum absolute atomic E-state index is 0.0478. The zero-order valence-electron chi connectivity index (χ0n) is 12.1.